The van der Waals surface area contributed by atoms with Crippen molar-refractivity contribution in [2.75, 3.05) is 11.9 Å². The number of imide groups is 1. The van der Waals surface area contributed by atoms with Crippen LogP contribution < -0.4 is 5.32 Å². The zero-order chi connectivity index (χ0) is 23.8. The maximum absolute atomic E-state index is 13.1. The van der Waals surface area contributed by atoms with Crippen LogP contribution in [0.1, 0.15) is 16.7 Å². The summed E-state index contributed by atoms with van der Waals surface area (Å²) in [6.45, 7) is 3.55. The molecule has 0 unspecified atom stereocenters. The van der Waals surface area contributed by atoms with Gasteiger partial charge in [0.15, 0.2) is 0 Å². The number of benzene rings is 4. The molecule has 1 fully saturated rings. The summed E-state index contributed by atoms with van der Waals surface area (Å²) in [7, 11) is 0. The monoisotopic (exact) mass is 466 g/mol. The first-order valence-corrected chi connectivity index (χ1v) is 11.8. The van der Waals surface area contributed by atoms with Crippen molar-refractivity contribution in [1.82, 2.24) is 4.90 Å². The first kappa shape index (κ1) is 21.9. The summed E-state index contributed by atoms with van der Waals surface area (Å²) in [6, 6.07) is 23.7. The smallest absolute Gasteiger partial charge is 0.294 e. The van der Waals surface area contributed by atoms with Crippen molar-refractivity contribution >= 4 is 62.1 Å². The lowest BCUT2D eigenvalue weighted by Crippen LogP contribution is -2.36. The molecule has 0 saturated carbocycles. The molecule has 3 amide bonds. The fraction of sp³-hybridized carbons (Fsp3) is 0.107. The fourth-order valence-electron chi connectivity index (χ4n) is 4.19. The van der Waals surface area contributed by atoms with E-state index in [-0.39, 0.29) is 6.54 Å². The van der Waals surface area contributed by atoms with Crippen molar-refractivity contribution < 1.29 is 14.4 Å². The van der Waals surface area contributed by atoms with Crippen molar-refractivity contribution in [3.8, 4) is 0 Å². The van der Waals surface area contributed by atoms with E-state index in [1.807, 2.05) is 74.5 Å². The topological polar surface area (TPSA) is 66.5 Å². The average molecular weight is 467 g/mol. The van der Waals surface area contributed by atoms with Gasteiger partial charge in [-0.3, -0.25) is 19.3 Å². The van der Waals surface area contributed by atoms with Crippen molar-refractivity contribution in [3.05, 3.63) is 94.4 Å². The molecule has 1 heterocycles. The molecule has 4 aromatic rings. The van der Waals surface area contributed by atoms with Crippen molar-refractivity contribution in [3.63, 3.8) is 0 Å². The molecule has 1 aliphatic rings. The van der Waals surface area contributed by atoms with Gasteiger partial charge in [0.25, 0.3) is 11.1 Å². The lowest BCUT2D eigenvalue weighted by molar-refractivity contribution is -0.127. The number of aryl methyl sites for hydroxylation is 1. The Bertz CT molecular complexity index is 1470. The predicted molar refractivity (Wildman–Crippen MR) is 139 cm³/mol. The van der Waals surface area contributed by atoms with Gasteiger partial charge in [-0.1, -0.05) is 60.7 Å². The molecule has 0 spiro atoms. The second-order valence-electron chi connectivity index (χ2n) is 8.30. The number of hydrogen-bond acceptors (Lipinski definition) is 4. The van der Waals surface area contributed by atoms with Crippen molar-refractivity contribution in [2.45, 2.75) is 13.8 Å². The highest BCUT2D eigenvalue weighted by Gasteiger charge is 2.36. The Morgan fingerprint density at radius 1 is 0.912 bits per heavy atom. The average Bonchev–Trinajstić information content (AvgIpc) is 3.09. The van der Waals surface area contributed by atoms with Crippen LogP contribution in [0.25, 0.3) is 27.6 Å². The van der Waals surface area contributed by atoms with Gasteiger partial charge in [-0.05, 0) is 82.1 Å². The van der Waals surface area contributed by atoms with Crippen LogP contribution in [0.3, 0.4) is 0 Å². The first-order chi connectivity index (χ1) is 16.4. The zero-order valence-electron chi connectivity index (χ0n) is 18.8. The van der Waals surface area contributed by atoms with Crippen LogP contribution >= 0.6 is 11.8 Å². The third kappa shape index (κ3) is 3.97. The normalized spacial score (nSPS) is 15.0. The van der Waals surface area contributed by atoms with Crippen LogP contribution in [0.5, 0.6) is 0 Å². The summed E-state index contributed by atoms with van der Waals surface area (Å²) in [4.78, 5) is 39.8. The van der Waals surface area contributed by atoms with Crippen LogP contribution in [0, 0.1) is 13.8 Å². The van der Waals surface area contributed by atoms with E-state index in [9.17, 15) is 14.4 Å². The summed E-state index contributed by atoms with van der Waals surface area (Å²) in [5.74, 6) is -0.865. The number of nitrogens with one attached hydrogen (secondary N) is 1. The van der Waals surface area contributed by atoms with Crippen LogP contribution in [0.15, 0.2) is 77.7 Å². The van der Waals surface area contributed by atoms with E-state index in [4.69, 9.17) is 0 Å². The summed E-state index contributed by atoms with van der Waals surface area (Å²) in [5.41, 5.74) is 3.57. The molecule has 5 rings (SSSR count). The molecule has 1 N–H and O–H groups in total. The quantitative estimate of drug-likeness (QED) is 0.284. The van der Waals surface area contributed by atoms with Gasteiger partial charge in [0.05, 0.1) is 4.91 Å². The van der Waals surface area contributed by atoms with E-state index in [1.165, 1.54) is 0 Å². The first-order valence-electron chi connectivity index (χ1n) is 10.9. The van der Waals surface area contributed by atoms with Crippen LogP contribution in [-0.4, -0.2) is 28.5 Å². The molecule has 1 aliphatic heterocycles. The SMILES string of the molecule is Cc1cccc(NC(=O)CN2C(=O)S/C(=C/c3c4ccccc4cc4ccccc34)C2=O)c1C. The Balaban J connectivity index is 1.45. The number of nitrogens with zero attached hydrogens (tertiary/aromatic N) is 1. The van der Waals surface area contributed by atoms with Crippen molar-refractivity contribution in [2.24, 2.45) is 0 Å². The van der Waals surface area contributed by atoms with E-state index < -0.39 is 17.1 Å². The lowest BCUT2D eigenvalue weighted by atomic mass is 9.96. The maximum atomic E-state index is 13.1. The van der Waals surface area contributed by atoms with Gasteiger partial charge < -0.3 is 5.32 Å². The molecule has 0 atom stereocenters. The third-order valence-corrected chi connectivity index (χ3v) is 7.05. The van der Waals surface area contributed by atoms with Gasteiger partial charge in [0, 0.05) is 5.69 Å². The van der Waals surface area contributed by atoms with Crippen LogP contribution in [0.2, 0.25) is 0 Å². The molecule has 5 nitrogen and oxygen atoms in total. The lowest BCUT2D eigenvalue weighted by Gasteiger charge is -2.14. The molecule has 4 aromatic carbocycles. The number of amides is 3. The minimum Gasteiger partial charge on any atom is -0.324 e. The summed E-state index contributed by atoms with van der Waals surface area (Å²) in [6.07, 6.45) is 1.78. The number of rotatable bonds is 4. The Morgan fingerprint density at radius 3 is 2.24 bits per heavy atom. The predicted octanol–water partition coefficient (Wildman–Crippen LogP) is 6.28. The highest BCUT2D eigenvalue weighted by Crippen LogP contribution is 2.36. The molecule has 34 heavy (non-hydrogen) atoms. The minimum absolute atomic E-state index is 0.311. The molecule has 0 radical (unpaired) electrons. The van der Waals surface area contributed by atoms with Gasteiger partial charge in [-0.25, -0.2) is 0 Å². The van der Waals surface area contributed by atoms with Gasteiger partial charge in [-0.15, -0.1) is 0 Å². The van der Waals surface area contributed by atoms with Gasteiger partial charge in [0.1, 0.15) is 6.54 Å². The zero-order valence-corrected chi connectivity index (χ0v) is 19.6. The van der Waals surface area contributed by atoms with Gasteiger partial charge in [-0.2, -0.15) is 0 Å². The standard InChI is InChI=1S/C28H22N2O3S/c1-17-8-7-13-24(18(17)2)29-26(31)16-30-27(32)25(34-28(30)33)15-23-21-11-5-3-9-19(21)14-20-10-4-6-12-22(20)23/h3-15H,16H2,1-2H3,(H,29,31)/b25-15+. The van der Waals surface area contributed by atoms with E-state index in [0.29, 0.717) is 10.6 Å². The fourth-order valence-corrected chi connectivity index (χ4v) is 5.01. The molecule has 0 aromatic heterocycles. The number of thioether (sulfide) groups is 1. The van der Waals surface area contributed by atoms with E-state index in [1.54, 1.807) is 12.1 Å². The Morgan fingerprint density at radius 2 is 1.56 bits per heavy atom. The van der Waals surface area contributed by atoms with Gasteiger partial charge in [0.2, 0.25) is 5.91 Å². The molecule has 1 saturated heterocycles. The number of carbonyl (C=O) groups excluding carboxylic acids is 3. The maximum Gasteiger partial charge on any atom is 0.294 e. The molecule has 0 aliphatic carbocycles. The highest BCUT2D eigenvalue weighted by atomic mass is 32.2. The Hall–Kier alpha value is -3.90. The van der Waals surface area contributed by atoms with Crippen LogP contribution in [0.4, 0.5) is 10.5 Å². The number of anilines is 1. The molecule has 6 heteroatoms. The molecule has 0 bridgehead atoms. The van der Waals surface area contributed by atoms with E-state index in [2.05, 4.69) is 11.4 Å². The van der Waals surface area contributed by atoms with Crippen molar-refractivity contribution in [1.29, 1.82) is 0 Å². The molecule has 168 valence electrons. The molecular weight excluding hydrogens is 444 g/mol. The second-order valence-corrected chi connectivity index (χ2v) is 9.29. The van der Waals surface area contributed by atoms with E-state index >= 15 is 0 Å². The summed E-state index contributed by atoms with van der Waals surface area (Å²) >= 11 is 0.866. The number of fused-ring (bicyclic) bond motifs is 2. The van der Waals surface area contributed by atoms with Gasteiger partial charge >= 0.3 is 0 Å². The Kier molecular flexibility index (Phi) is 5.67. The molecular formula is C28H22N2O3S. The third-order valence-electron chi connectivity index (χ3n) is 6.14. The number of carbonyl (C=O) groups is 3. The largest absolute Gasteiger partial charge is 0.324 e. The summed E-state index contributed by atoms with van der Waals surface area (Å²) < 4.78 is 0. The van der Waals surface area contributed by atoms with Crippen LogP contribution in [-0.2, 0) is 9.59 Å². The summed E-state index contributed by atoms with van der Waals surface area (Å²) in [5, 5.41) is 6.48. The van der Waals surface area contributed by atoms with E-state index in [0.717, 1.165) is 54.9 Å². The minimum atomic E-state index is -0.455. The highest BCUT2D eigenvalue weighted by molar-refractivity contribution is 8.18. The Labute approximate surface area is 201 Å². The number of hydrogen-bond donors (Lipinski definition) is 1. The second kappa shape index (κ2) is 8.80.